The van der Waals surface area contributed by atoms with Crippen LogP contribution in [0.25, 0.3) is 0 Å². The number of carbonyl (C=O) groups is 2. The number of aromatic nitrogens is 2. The number of anilines is 1. The molecule has 3 rings (SSSR count). The molecule has 0 saturated carbocycles. The van der Waals surface area contributed by atoms with Crippen LogP contribution in [0.2, 0.25) is 0 Å². The summed E-state index contributed by atoms with van der Waals surface area (Å²) < 4.78 is 5.12. The summed E-state index contributed by atoms with van der Waals surface area (Å²) in [6.07, 6.45) is 1.24. The van der Waals surface area contributed by atoms with Gasteiger partial charge in [-0.25, -0.2) is 9.97 Å². The van der Waals surface area contributed by atoms with Crippen LogP contribution in [0, 0.1) is 6.92 Å². The lowest BCUT2D eigenvalue weighted by Gasteiger charge is -2.08. The smallest absolute Gasteiger partial charge is 0.270 e. The van der Waals surface area contributed by atoms with E-state index in [2.05, 4.69) is 20.6 Å². The van der Waals surface area contributed by atoms with Crippen LogP contribution in [0.4, 0.5) is 5.82 Å². The predicted molar refractivity (Wildman–Crippen MR) is 105 cm³/mol. The van der Waals surface area contributed by atoms with E-state index in [0.717, 1.165) is 11.1 Å². The van der Waals surface area contributed by atoms with Gasteiger partial charge < -0.3 is 15.4 Å². The Kier molecular flexibility index (Phi) is 5.96. The molecule has 0 bridgehead atoms. The zero-order valence-corrected chi connectivity index (χ0v) is 15.6. The SMILES string of the molecule is COc1cccc(C(=O)Nc2cc(C(=O)NCc3ccc(C)cc3)ncn2)c1. The molecule has 1 heterocycles. The van der Waals surface area contributed by atoms with E-state index in [0.29, 0.717) is 17.9 Å². The van der Waals surface area contributed by atoms with Gasteiger partial charge in [0.2, 0.25) is 0 Å². The van der Waals surface area contributed by atoms with E-state index in [1.54, 1.807) is 24.3 Å². The van der Waals surface area contributed by atoms with E-state index < -0.39 is 0 Å². The van der Waals surface area contributed by atoms with Crippen molar-refractivity contribution < 1.29 is 14.3 Å². The third-order valence-corrected chi connectivity index (χ3v) is 4.05. The number of ether oxygens (including phenoxy) is 1. The Balaban J connectivity index is 1.64. The molecule has 1 aromatic heterocycles. The van der Waals surface area contributed by atoms with Gasteiger partial charge in [-0.1, -0.05) is 35.9 Å². The largest absolute Gasteiger partial charge is 0.497 e. The maximum Gasteiger partial charge on any atom is 0.270 e. The molecule has 0 aliphatic carbocycles. The number of methoxy groups -OCH3 is 1. The molecule has 2 N–H and O–H groups in total. The molecule has 0 spiro atoms. The van der Waals surface area contributed by atoms with E-state index in [1.807, 2.05) is 31.2 Å². The summed E-state index contributed by atoms with van der Waals surface area (Å²) in [4.78, 5) is 32.7. The first-order valence-corrected chi connectivity index (χ1v) is 8.66. The van der Waals surface area contributed by atoms with Gasteiger partial charge in [0.05, 0.1) is 7.11 Å². The van der Waals surface area contributed by atoms with Crippen molar-refractivity contribution in [3.8, 4) is 5.75 Å². The molecule has 2 aromatic carbocycles. The Bertz CT molecular complexity index is 987. The number of carbonyl (C=O) groups excluding carboxylic acids is 2. The van der Waals surface area contributed by atoms with Crippen LogP contribution in [0.5, 0.6) is 5.75 Å². The van der Waals surface area contributed by atoms with Crippen LogP contribution in [0.1, 0.15) is 32.0 Å². The summed E-state index contributed by atoms with van der Waals surface area (Å²) in [6, 6.07) is 16.1. The lowest BCUT2D eigenvalue weighted by Crippen LogP contribution is -2.24. The maximum atomic E-state index is 12.4. The second-order valence-corrected chi connectivity index (χ2v) is 6.14. The number of hydrogen-bond acceptors (Lipinski definition) is 5. The average molecular weight is 376 g/mol. The fourth-order valence-corrected chi connectivity index (χ4v) is 2.48. The molecule has 142 valence electrons. The van der Waals surface area contributed by atoms with E-state index in [1.165, 1.54) is 19.5 Å². The topological polar surface area (TPSA) is 93.2 Å². The minimum atomic E-state index is -0.358. The molecule has 3 aromatic rings. The van der Waals surface area contributed by atoms with Gasteiger partial charge in [0, 0.05) is 18.2 Å². The number of nitrogens with zero attached hydrogens (tertiary/aromatic N) is 2. The van der Waals surface area contributed by atoms with Crippen molar-refractivity contribution >= 4 is 17.6 Å². The normalized spacial score (nSPS) is 10.2. The first-order chi connectivity index (χ1) is 13.5. The van der Waals surface area contributed by atoms with Crippen LogP contribution in [0.3, 0.4) is 0 Å². The van der Waals surface area contributed by atoms with Crippen molar-refractivity contribution in [2.24, 2.45) is 0 Å². The van der Waals surface area contributed by atoms with Crippen LogP contribution < -0.4 is 15.4 Å². The number of nitrogens with one attached hydrogen (secondary N) is 2. The molecule has 28 heavy (non-hydrogen) atoms. The highest BCUT2D eigenvalue weighted by molar-refractivity contribution is 6.04. The van der Waals surface area contributed by atoms with Crippen molar-refractivity contribution in [2.45, 2.75) is 13.5 Å². The Morgan fingerprint density at radius 2 is 1.79 bits per heavy atom. The molecule has 7 heteroatoms. The first-order valence-electron chi connectivity index (χ1n) is 8.66. The molecule has 0 unspecified atom stereocenters. The zero-order valence-electron chi connectivity index (χ0n) is 15.6. The van der Waals surface area contributed by atoms with E-state index >= 15 is 0 Å². The number of rotatable bonds is 6. The number of aryl methyl sites for hydroxylation is 1. The fraction of sp³-hybridized carbons (Fsp3) is 0.143. The molecule has 0 radical (unpaired) electrons. The van der Waals surface area contributed by atoms with E-state index in [4.69, 9.17) is 4.74 Å². The highest BCUT2D eigenvalue weighted by Crippen LogP contribution is 2.14. The molecule has 0 fully saturated rings. The maximum absolute atomic E-state index is 12.4. The molecule has 0 aliphatic rings. The zero-order chi connectivity index (χ0) is 19.9. The van der Waals surface area contributed by atoms with Crippen LogP contribution >= 0.6 is 0 Å². The Morgan fingerprint density at radius 3 is 2.54 bits per heavy atom. The standard InChI is InChI=1S/C21H20N4O3/c1-14-6-8-15(9-7-14)12-22-21(27)18-11-19(24-13-23-18)25-20(26)16-4-3-5-17(10-16)28-2/h3-11,13H,12H2,1-2H3,(H,22,27)(H,23,24,25,26). The quantitative estimate of drug-likeness (QED) is 0.690. The summed E-state index contributed by atoms with van der Waals surface area (Å²) in [5.41, 5.74) is 2.73. The van der Waals surface area contributed by atoms with E-state index in [9.17, 15) is 9.59 Å². The molecule has 0 atom stereocenters. The molecule has 7 nitrogen and oxygen atoms in total. The summed E-state index contributed by atoms with van der Waals surface area (Å²) in [5, 5.41) is 5.46. The van der Waals surface area contributed by atoms with Crippen molar-refractivity contribution in [1.82, 2.24) is 15.3 Å². The molecular weight excluding hydrogens is 356 g/mol. The third kappa shape index (κ3) is 4.91. The first kappa shape index (κ1) is 19.0. The highest BCUT2D eigenvalue weighted by Gasteiger charge is 2.12. The van der Waals surface area contributed by atoms with Crippen LogP contribution in [-0.2, 0) is 6.54 Å². The van der Waals surface area contributed by atoms with Gasteiger partial charge in [0.1, 0.15) is 23.6 Å². The number of amides is 2. The average Bonchev–Trinajstić information content (AvgIpc) is 2.73. The van der Waals surface area contributed by atoms with Crippen molar-refractivity contribution in [3.05, 3.63) is 83.3 Å². The number of benzene rings is 2. The summed E-state index contributed by atoms with van der Waals surface area (Å²) >= 11 is 0. The molecule has 0 aliphatic heterocycles. The van der Waals surface area contributed by atoms with Crippen molar-refractivity contribution in [3.63, 3.8) is 0 Å². The van der Waals surface area contributed by atoms with Gasteiger partial charge in [-0.2, -0.15) is 0 Å². The molecular formula is C21H20N4O3. The van der Waals surface area contributed by atoms with Crippen LogP contribution in [-0.4, -0.2) is 28.9 Å². The number of hydrogen-bond donors (Lipinski definition) is 2. The van der Waals surface area contributed by atoms with Crippen molar-refractivity contribution in [1.29, 1.82) is 0 Å². The highest BCUT2D eigenvalue weighted by atomic mass is 16.5. The lowest BCUT2D eigenvalue weighted by atomic mass is 10.1. The Morgan fingerprint density at radius 1 is 1.00 bits per heavy atom. The Labute approximate surface area is 162 Å². The van der Waals surface area contributed by atoms with Gasteiger partial charge in [0.15, 0.2) is 0 Å². The molecule has 0 saturated heterocycles. The second-order valence-electron chi connectivity index (χ2n) is 6.14. The van der Waals surface area contributed by atoms with Gasteiger partial charge in [0.25, 0.3) is 11.8 Å². The minimum Gasteiger partial charge on any atom is -0.497 e. The Hall–Kier alpha value is -3.74. The fourth-order valence-electron chi connectivity index (χ4n) is 2.48. The predicted octanol–water partition coefficient (Wildman–Crippen LogP) is 2.98. The molecule has 2 amide bonds. The second kappa shape index (κ2) is 8.77. The third-order valence-electron chi connectivity index (χ3n) is 4.05. The van der Waals surface area contributed by atoms with Gasteiger partial charge in [-0.15, -0.1) is 0 Å². The summed E-state index contributed by atoms with van der Waals surface area (Å²) in [7, 11) is 1.53. The monoisotopic (exact) mass is 376 g/mol. The van der Waals surface area contributed by atoms with Crippen molar-refractivity contribution in [2.75, 3.05) is 12.4 Å². The van der Waals surface area contributed by atoms with Gasteiger partial charge in [-0.05, 0) is 30.7 Å². The summed E-state index contributed by atoms with van der Waals surface area (Å²) in [5.74, 6) is 0.110. The minimum absolute atomic E-state index is 0.169. The summed E-state index contributed by atoms with van der Waals surface area (Å²) in [6.45, 7) is 2.39. The van der Waals surface area contributed by atoms with Crippen LogP contribution in [0.15, 0.2) is 60.9 Å². The van der Waals surface area contributed by atoms with Gasteiger partial charge in [-0.3, -0.25) is 9.59 Å². The van der Waals surface area contributed by atoms with E-state index in [-0.39, 0.29) is 23.3 Å². The lowest BCUT2D eigenvalue weighted by molar-refractivity contribution is 0.0944. The van der Waals surface area contributed by atoms with Gasteiger partial charge >= 0.3 is 0 Å².